The minimum absolute atomic E-state index is 0.00750. The molecule has 3 aromatic rings. The van der Waals surface area contributed by atoms with Gasteiger partial charge in [-0.2, -0.15) is 0 Å². The average Bonchev–Trinajstić information content (AvgIpc) is 3.13. The normalized spacial score (nSPS) is 14.2. The molecule has 0 fully saturated rings. The van der Waals surface area contributed by atoms with Crippen molar-refractivity contribution in [3.05, 3.63) is 94.9 Å². The number of halogens is 1. The Morgan fingerprint density at radius 2 is 1.74 bits per heavy atom. The second-order valence-electron chi connectivity index (χ2n) is 10.7. The van der Waals surface area contributed by atoms with E-state index in [4.69, 9.17) is 19.4 Å². The molecule has 1 aliphatic heterocycles. The molecule has 1 aliphatic rings. The van der Waals surface area contributed by atoms with Crippen molar-refractivity contribution in [3.63, 3.8) is 0 Å². The molecule has 43 heavy (non-hydrogen) atoms. The van der Waals surface area contributed by atoms with Crippen LogP contribution in [0.4, 0.5) is 15.8 Å². The average molecular weight is 595 g/mol. The van der Waals surface area contributed by atoms with E-state index in [0.29, 0.717) is 35.7 Å². The lowest BCUT2D eigenvalue weighted by Gasteiger charge is -2.33. The van der Waals surface area contributed by atoms with E-state index in [-0.39, 0.29) is 23.7 Å². The number of aromatic hydroxyl groups is 1. The Bertz CT molecular complexity index is 1380. The van der Waals surface area contributed by atoms with Crippen LogP contribution < -0.4 is 15.0 Å². The molecule has 3 aromatic carbocycles. The number of carbonyl (C=O) groups is 2. The zero-order chi connectivity index (χ0) is 32.2. The Labute approximate surface area is 253 Å². The Kier molecular flexibility index (Phi) is 13.4. The summed E-state index contributed by atoms with van der Waals surface area (Å²) in [6, 6.07) is 18.7. The van der Waals surface area contributed by atoms with E-state index in [0.717, 1.165) is 30.4 Å². The van der Waals surface area contributed by atoms with Crippen LogP contribution in [0.3, 0.4) is 0 Å². The summed E-state index contributed by atoms with van der Waals surface area (Å²) in [5.41, 5.74) is 3.72. The molecule has 0 bridgehead atoms. The third kappa shape index (κ3) is 8.65. The molecule has 1 unspecified atom stereocenters. The molecule has 0 spiro atoms. The molecule has 1 atom stereocenters. The van der Waals surface area contributed by atoms with Gasteiger partial charge < -0.3 is 29.8 Å². The van der Waals surface area contributed by atoms with Gasteiger partial charge in [0.2, 0.25) is 0 Å². The fourth-order valence-electron chi connectivity index (χ4n) is 4.80. The highest BCUT2D eigenvalue weighted by Crippen LogP contribution is 2.47. The minimum atomic E-state index is -0.769. The van der Waals surface area contributed by atoms with Crippen LogP contribution in [0.15, 0.2) is 78.0 Å². The number of benzene rings is 3. The summed E-state index contributed by atoms with van der Waals surface area (Å²) in [5, 5.41) is 21.2. The first kappa shape index (κ1) is 35.0. The summed E-state index contributed by atoms with van der Waals surface area (Å²) in [6.45, 7) is 10.5. The molecule has 232 valence electrons. The first-order valence-corrected chi connectivity index (χ1v) is 13.9. The molecule has 9 heteroatoms. The van der Waals surface area contributed by atoms with E-state index in [9.17, 15) is 9.90 Å². The highest BCUT2D eigenvalue weighted by Gasteiger charge is 2.37. The third-order valence-corrected chi connectivity index (χ3v) is 7.36. The maximum atomic E-state index is 15.9. The standard InChI is InChI=1S/C32H37FN2O4.CH4O.CH2O/c1-6-32(3,4)18-26-21(2)31(35(29(37)20-38-5)27-13-10-14-28(36)30(27)34-26)24-16-15-23(17-25(24)33)39-19-22-11-8-7-9-12-22;2*1-2/h7-17,31,34,36H,6,18-20H2,1-5H3;2H,1H3;1H2. The Morgan fingerprint density at radius 3 is 2.35 bits per heavy atom. The van der Waals surface area contributed by atoms with Crippen molar-refractivity contribution < 1.29 is 33.7 Å². The van der Waals surface area contributed by atoms with Crippen molar-refractivity contribution in [1.82, 2.24) is 0 Å². The number of amides is 1. The number of hydrogen-bond acceptors (Lipinski definition) is 7. The smallest absolute Gasteiger partial charge is 0.253 e. The molecule has 8 nitrogen and oxygen atoms in total. The predicted octanol–water partition coefficient (Wildman–Crippen LogP) is 6.78. The van der Waals surface area contributed by atoms with Crippen LogP contribution in [0.1, 0.15) is 57.7 Å². The van der Waals surface area contributed by atoms with Gasteiger partial charge in [-0.15, -0.1) is 0 Å². The number of rotatable bonds is 9. The van der Waals surface area contributed by atoms with Crippen molar-refractivity contribution in [3.8, 4) is 11.5 Å². The highest BCUT2D eigenvalue weighted by molar-refractivity contribution is 6.00. The number of hydrogen-bond donors (Lipinski definition) is 3. The number of nitrogens with zero attached hydrogens (tertiary/aromatic N) is 1. The van der Waals surface area contributed by atoms with Crippen LogP contribution in [0.5, 0.6) is 11.5 Å². The second-order valence-corrected chi connectivity index (χ2v) is 10.7. The second kappa shape index (κ2) is 16.4. The fraction of sp³-hybridized carbons (Fsp3) is 0.353. The number of aliphatic hydroxyl groups is 1. The van der Waals surface area contributed by atoms with Gasteiger partial charge in [0, 0.05) is 31.5 Å². The largest absolute Gasteiger partial charge is 0.506 e. The number of anilines is 2. The van der Waals surface area contributed by atoms with Crippen molar-refractivity contribution in [1.29, 1.82) is 0 Å². The number of ether oxygens (including phenoxy) is 2. The van der Waals surface area contributed by atoms with Gasteiger partial charge in [-0.1, -0.05) is 63.6 Å². The number of aliphatic hydroxyl groups excluding tert-OH is 1. The highest BCUT2D eigenvalue weighted by atomic mass is 19.1. The summed E-state index contributed by atoms with van der Waals surface area (Å²) in [6.07, 6.45) is 1.56. The Hall–Kier alpha value is -4.21. The van der Waals surface area contributed by atoms with Gasteiger partial charge in [0.1, 0.15) is 43.0 Å². The van der Waals surface area contributed by atoms with Crippen LogP contribution in [0.2, 0.25) is 0 Å². The maximum Gasteiger partial charge on any atom is 0.253 e. The zero-order valence-corrected chi connectivity index (χ0v) is 25.8. The molecule has 0 aromatic heterocycles. The molecule has 0 saturated carbocycles. The Balaban J connectivity index is 0.00000155. The molecule has 1 heterocycles. The molecule has 1 amide bonds. The van der Waals surface area contributed by atoms with E-state index >= 15 is 4.39 Å². The van der Waals surface area contributed by atoms with E-state index in [2.05, 4.69) is 26.1 Å². The van der Waals surface area contributed by atoms with Crippen molar-refractivity contribution in [2.24, 2.45) is 5.41 Å². The molecule has 4 rings (SSSR count). The van der Waals surface area contributed by atoms with Gasteiger partial charge in [-0.05, 0) is 54.2 Å². The summed E-state index contributed by atoms with van der Waals surface area (Å²) < 4.78 is 27.0. The van der Waals surface area contributed by atoms with E-state index < -0.39 is 11.9 Å². The van der Waals surface area contributed by atoms with Gasteiger partial charge in [0.05, 0.1) is 11.7 Å². The molecular formula is C34H43FN2O6. The number of phenols is 1. The van der Waals surface area contributed by atoms with Crippen LogP contribution in [0.25, 0.3) is 0 Å². The summed E-state index contributed by atoms with van der Waals surface area (Å²) in [4.78, 5) is 23.1. The first-order chi connectivity index (χ1) is 20.6. The van der Waals surface area contributed by atoms with E-state index in [1.54, 1.807) is 30.3 Å². The van der Waals surface area contributed by atoms with E-state index in [1.807, 2.05) is 44.0 Å². The third-order valence-electron chi connectivity index (χ3n) is 7.36. The number of phenolic OH excluding ortho intramolecular Hbond substituents is 1. The topological polar surface area (TPSA) is 108 Å². The van der Waals surface area contributed by atoms with E-state index in [1.165, 1.54) is 18.1 Å². The zero-order valence-electron chi connectivity index (χ0n) is 25.8. The van der Waals surface area contributed by atoms with Crippen LogP contribution in [-0.2, 0) is 20.9 Å². The summed E-state index contributed by atoms with van der Waals surface area (Å²) in [5.74, 6) is -0.435. The SMILES string of the molecule is C=O.CCC(C)(C)CC1=C(C)C(c2ccc(OCc3ccccc3)cc2F)N(C(=O)COC)c2cccc(O)c2N1.CO. The fourth-order valence-corrected chi connectivity index (χ4v) is 4.80. The number of para-hydroxylation sites is 1. The molecule has 0 radical (unpaired) electrons. The molecule has 0 aliphatic carbocycles. The summed E-state index contributed by atoms with van der Waals surface area (Å²) in [7, 11) is 2.45. The van der Waals surface area contributed by atoms with Crippen molar-refractivity contribution in [2.45, 2.75) is 53.2 Å². The molecule has 0 saturated heterocycles. The first-order valence-electron chi connectivity index (χ1n) is 13.9. The summed E-state index contributed by atoms with van der Waals surface area (Å²) >= 11 is 0. The number of carbonyl (C=O) groups excluding carboxylic acids is 2. The monoisotopic (exact) mass is 594 g/mol. The lowest BCUT2D eigenvalue weighted by Crippen LogP contribution is -2.38. The number of nitrogens with one attached hydrogen (secondary N) is 1. The number of fused-ring (bicyclic) bond motifs is 1. The lowest BCUT2D eigenvalue weighted by atomic mass is 9.83. The van der Waals surface area contributed by atoms with Gasteiger partial charge in [-0.3, -0.25) is 9.69 Å². The van der Waals surface area contributed by atoms with Gasteiger partial charge >= 0.3 is 0 Å². The predicted molar refractivity (Wildman–Crippen MR) is 168 cm³/mol. The number of methoxy groups -OCH3 is 1. The molecule has 3 N–H and O–H groups in total. The minimum Gasteiger partial charge on any atom is -0.506 e. The maximum absolute atomic E-state index is 15.9. The van der Waals surface area contributed by atoms with Crippen molar-refractivity contribution in [2.75, 3.05) is 31.0 Å². The van der Waals surface area contributed by atoms with Gasteiger partial charge in [0.25, 0.3) is 5.91 Å². The van der Waals surface area contributed by atoms with Crippen LogP contribution >= 0.6 is 0 Å². The Morgan fingerprint density at radius 1 is 1.07 bits per heavy atom. The van der Waals surface area contributed by atoms with Gasteiger partial charge in [-0.25, -0.2) is 4.39 Å². The van der Waals surface area contributed by atoms with Gasteiger partial charge in [0.15, 0.2) is 0 Å². The van der Waals surface area contributed by atoms with Crippen molar-refractivity contribution >= 4 is 24.1 Å². The van der Waals surface area contributed by atoms with Crippen LogP contribution in [-0.4, -0.2) is 43.7 Å². The van der Waals surface area contributed by atoms with Crippen LogP contribution in [0, 0.1) is 11.2 Å². The number of allylic oxidation sites excluding steroid dienone is 1. The lowest BCUT2D eigenvalue weighted by molar-refractivity contribution is -0.122. The quantitative estimate of drug-likeness (QED) is 0.234. The molecular weight excluding hydrogens is 551 g/mol.